The molecule has 7 nitrogen and oxygen atoms in total. The predicted octanol–water partition coefficient (Wildman–Crippen LogP) is 4.15. The Hall–Kier alpha value is -3.49. The number of fused-ring (bicyclic) bond motifs is 3. The van der Waals surface area contributed by atoms with Crippen LogP contribution in [0.5, 0.6) is 0 Å². The summed E-state index contributed by atoms with van der Waals surface area (Å²) in [5.41, 5.74) is 3.65. The van der Waals surface area contributed by atoms with Crippen LogP contribution in [0.25, 0.3) is 21.8 Å². The van der Waals surface area contributed by atoms with E-state index in [9.17, 15) is 18.4 Å². The first-order valence-corrected chi connectivity index (χ1v) is 12.8. The largest absolute Gasteiger partial charge is 0.411 e. The highest BCUT2D eigenvalue weighted by Crippen LogP contribution is 2.33. The number of aryl methyl sites for hydroxylation is 1. The summed E-state index contributed by atoms with van der Waals surface area (Å²) in [6.07, 6.45) is 0. The van der Waals surface area contributed by atoms with Gasteiger partial charge in [0.2, 0.25) is 0 Å². The van der Waals surface area contributed by atoms with Gasteiger partial charge in [0.1, 0.15) is 0 Å². The second kappa shape index (κ2) is 9.40. The number of hydrogen-bond acceptors (Lipinski definition) is 6. The number of rotatable bonds is 8. The summed E-state index contributed by atoms with van der Waals surface area (Å²) in [7, 11) is -3.62. The molecule has 0 spiro atoms. The van der Waals surface area contributed by atoms with Crippen molar-refractivity contribution >= 4 is 43.1 Å². The van der Waals surface area contributed by atoms with E-state index in [0.29, 0.717) is 28.9 Å². The molecule has 0 radical (unpaired) electrons. The molecule has 3 aromatic carbocycles. The number of oxime groups is 1. The zero-order valence-corrected chi connectivity index (χ0v) is 19.8. The highest BCUT2D eigenvalue weighted by molar-refractivity contribution is 7.90. The SMILES string of the molecule is CCn1c2ccccc2c2cccc(C(=O)c3cc(/C(C)=N/O)ccc3CS(=O)(=O)CCO)c21. The maximum atomic E-state index is 14.0. The normalized spacial score (nSPS) is 12.5. The first kappa shape index (κ1) is 23.7. The molecule has 0 saturated heterocycles. The van der Waals surface area contributed by atoms with Gasteiger partial charge in [-0.05, 0) is 43.2 Å². The molecular formula is C26H26N2O5S. The van der Waals surface area contributed by atoms with Crippen LogP contribution in [0.3, 0.4) is 0 Å². The number of carbonyl (C=O) groups is 1. The van der Waals surface area contributed by atoms with Crippen molar-refractivity contribution < 1.29 is 23.5 Å². The second-order valence-corrected chi connectivity index (χ2v) is 10.3. The first-order chi connectivity index (χ1) is 16.3. The number of sulfone groups is 1. The number of benzene rings is 3. The van der Waals surface area contributed by atoms with Gasteiger partial charge in [-0.2, -0.15) is 0 Å². The number of aromatic nitrogens is 1. The van der Waals surface area contributed by atoms with Crippen LogP contribution in [0.1, 0.15) is 40.9 Å². The summed E-state index contributed by atoms with van der Waals surface area (Å²) in [5.74, 6) is -1.08. The van der Waals surface area contributed by atoms with Gasteiger partial charge in [0.15, 0.2) is 15.6 Å². The fraction of sp³-hybridized carbons (Fsp3) is 0.231. The zero-order chi connectivity index (χ0) is 24.5. The lowest BCUT2D eigenvalue weighted by molar-refractivity contribution is 0.103. The van der Waals surface area contributed by atoms with Gasteiger partial charge in [-0.25, -0.2) is 8.42 Å². The topological polar surface area (TPSA) is 109 Å². The molecule has 4 aromatic rings. The maximum Gasteiger partial charge on any atom is 0.195 e. The Labute approximate surface area is 197 Å². The van der Waals surface area contributed by atoms with Crippen LogP contribution in [-0.2, 0) is 22.1 Å². The standard InChI is InChI=1S/C26H26N2O5S/c1-3-28-24-10-5-4-7-20(24)21-8-6-9-22(25(21)28)26(30)23-15-18(17(2)27-31)11-12-19(23)16-34(32,33)14-13-29/h4-12,15,29,31H,3,13-14,16H2,1-2H3/b27-17+. The Balaban J connectivity index is 1.96. The third-order valence-electron chi connectivity index (χ3n) is 6.05. The van der Waals surface area contributed by atoms with Gasteiger partial charge in [0.25, 0.3) is 0 Å². The first-order valence-electron chi connectivity index (χ1n) is 11.0. The zero-order valence-electron chi connectivity index (χ0n) is 19.0. The molecule has 0 amide bonds. The lowest BCUT2D eigenvalue weighted by atomic mass is 9.94. The molecule has 2 N–H and O–H groups in total. The molecule has 8 heteroatoms. The van der Waals surface area contributed by atoms with Crippen molar-refractivity contribution in [2.75, 3.05) is 12.4 Å². The van der Waals surface area contributed by atoms with Crippen LogP contribution >= 0.6 is 0 Å². The van der Waals surface area contributed by atoms with E-state index in [2.05, 4.69) is 9.72 Å². The summed E-state index contributed by atoms with van der Waals surface area (Å²) in [5, 5.41) is 23.6. The molecule has 0 aliphatic rings. The quantitative estimate of drug-likeness (QED) is 0.171. The molecule has 176 valence electrons. The van der Waals surface area contributed by atoms with Crippen molar-refractivity contribution in [1.29, 1.82) is 0 Å². The minimum Gasteiger partial charge on any atom is -0.411 e. The van der Waals surface area contributed by atoms with Crippen molar-refractivity contribution in [2.45, 2.75) is 26.1 Å². The van der Waals surface area contributed by atoms with Crippen LogP contribution in [0.4, 0.5) is 0 Å². The summed E-state index contributed by atoms with van der Waals surface area (Å²) in [6, 6.07) is 18.3. The minimum absolute atomic E-state index is 0.224. The van der Waals surface area contributed by atoms with Crippen molar-refractivity contribution in [3.8, 4) is 0 Å². The van der Waals surface area contributed by atoms with Crippen molar-refractivity contribution in [3.05, 3.63) is 82.9 Å². The molecule has 0 aliphatic carbocycles. The van der Waals surface area contributed by atoms with E-state index in [-0.39, 0.29) is 22.9 Å². The highest BCUT2D eigenvalue weighted by Gasteiger charge is 2.23. The Kier molecular flexibility index (Phi) is 6.54. The molecule has 0 bridgehead atoms. The highest BCUT2D eigenvalue weighted by atomic mass is 32.2. The molecule has 0 atom stereocenters. The number of hydrogen-bond donors (Lipinski definition) is 2. The van der Waals surface area contributed by atoms with Crippen LogP contribution < -0.4 is 0 Å². The molecular weight excluding hydrogens is 452 g/mol. The summed E-state index contributed by atoms with van der Waals surface area (Å²) in [4.78, 5) is 14.0. The van der Waals surface area contributed by atoms with E-state index in [1.54, 1.807) is 31.2 Å². The van der Waals surface area contributed by atoms with Crippen LogP contribution in [-0.4, -0.2) is 47.2 Å². The summed E-state index contributed by atoms with van der Waals surface area (Å²) < 4.78 is 27.0. The molecule has 0 unspecified atom stereocenters. The summed E-state index contributed by atoms with van der Waals surface area (Å²) in [6.45, 7) is 3.78. The molecule has 34 heavy (non-hydrogen) atoms. The fourth-order valence-electron chi connectivity index (χ4n) is 4.41. The number of aliphatic hydroxyl groups excluding tert-OH is 1. The Bertz CT molecular complexity index is 1530. The van der Waals surface area contributed by atoms with E-state index >= 15 is 0 Å². The maximum absolute atomic E-state index is 14.0. The number of nitrogens with zero attached hydrogens (tertiary/aromatic N) is 2. The monoisotopic (exact) mass is 478 g/mol. The summed E-state index contributed by atoms with van der Waals surface area (Å²) >= 11 is 0. The smallest absolute Gasteiger partial charge is 0.195 e. The molecule has 1 aromatic heterocycles. The van der Waals surface area contributed by atoms with Crippen LogP contribution in [0, 0.1) is 0 Å². The Morgan fingerprint density at radius 3 is 2.44 bits per heavy atom. The predicted molar refractivity (Wildman–Crippen MR) is 134 cm³/mol. The van der Waals surface area contributed by atoms with Gasteiger partial charge < -0.3 is 14.9 Å². The minimum atomic E-state index is -3.62. The van der Waals surface area contributed by atoms with Gasteiger partial charge >= 0.3 is 0 Å². The van der Waals surface area contributed by atoms with E-state index in [0.717, 1.165) is 21.8 Å². The van der Waals surface area contributed by atoms with Crippen molar-refractivity contribution in [1.82, 2.24) is 4.57 Å². The molecule has 0 aliphatic heterocycles. The van der Waals surface area contributed by atoms with Crippen molar-refractivity contribution in [2.24, 2.45) is 5.16 Å². The van der Waals surface area contributed by atoms with Gasteiger partial charge in [-0.1, -0.05) is 47.6 Å². The lowest BCUT2D eigenvalue weighted by Crippen LogP contribution is -2.16. The number of ketones is 1. The van der Waals surface area contributed by atoms with Crippen LogP contribution in [0.2, 0.25) is 0 Å². The molecule has 0 saturated carbocycles. The van der Waals surface area contributed by atoms with E-state index in [4.69, 9.17) is 5.11 Å². The number of aliphatic hydroxyl groups is 1. The number of para-hydroxylation sites is 2. The third-order valence-corrected chi connectivity index (χ3v) is 7.61. The van der Waals surface area contributed by atoms with E-state index < -0.39 is 16.4 Å². The van der Waals surface area contributed by atoms with Crippen LogP contribution in [0.15, 0.2) is 65.8 Å². The lowest BCUT2D eigenvalue weighted by Gasteiger charge is -2.13. The number of carbonyl (C=O) groups excluding carboxylic acids is 1. The second-order valence-electron chi connectivity index (χ2n) is 8.17. The molecule has 4 rings (SSSR count). The average Bonchev–Trinajstić information content (AvgIpc) is 3.17. The van der Waals surface area contributed by atoms with E-state index in [1.165, 1.54) is 0 Å². The van der Waals surface area contributed by atoms with Gasteiger partial charge in [0.05, 0.1) is 29.3 Å². The van der Waals surface area contributed by atoms with E-state index in [1.807, 2.05) is 43.3 Å². The third kappa shape index (κ3) is 4.22. The van der Waals surface area contributed by atoms with Gasteiger partial charge in [-0.15, -0.1) is 0 Å². The molecule has 1 heterocycles. The average molecular weight is 479 g/mol. The van der Waals surface area contributed by atoms with Crippen molar-refractivity contribution in [3.63, 3.8) is 0 Å². The fourth-order valence-corrected chi connectivity index (χ4v) is 5.56. The van der Waals surface area contributed by atoms with Gasteiger partial charge in [-0.3, -0.25) is 4.79 Å². The Morgan fingerprint density at radius 2 is 1.74 bits per heavy atom. The molecule has 0 fully saturated rings. The van der Waals surface area contributed by atoms with Gasteiger partial charge in [0, 0.05) is 34.0 Å². The Morgan fingerprint density at radius 1 is 1.00 bits per heavy atom.